The summed E-state index contributed by atoms with van der Waals surface area (Å²) in [4.78, 5) is 4.05. The lowest BCUT2D eigenvalue weighted by atomic mass is 10.2. The average Bonchev–Trinajstić information content (AvgIpc) is 2.35. The van der Waals surface area contributed by atoms with Gasteiger partial charge in [0.15, 0.2) is 0 Å². The van der Waals surface area contributed by atoms with E-state index in [1.807, 2.05) is 24.3 Å². The van der Waals surface area contributed by atoms with Crippen molar-refractivity contribution in [2.45, 2.75) is 26.2 Å². The Hall–Kier alpha value is -1.28. The number of aromatic nitrogens is 1. The van der Waals surface area contributed by atoms with Crippen LogP contribution in [0.3, 0.4) is 0 Å². The van der Waals surface area contributed by atoms with E-state index >= 15 is 0 Å². The minimum atomic E-state index is 0.542. The van der Waals surface area contributed by atoms with E-state index in [-0.39, 0.29) is 0 Å². The van der Waals surface area contributed by atoms with Crippen molar-refractivity contribution in [3.05, 3.63) is 35.6 Å². The molecule has 17 heavy (non-hydrogen) atoms. The number of hydrogen-bond donors (Lipinski definition) is 0. The van der Waals surface area contributed by atoms with Crippen LogP contribution in [0.15, 0.2) is 30.5 Å². The van der Waals surface area contributed by atoms with Crippen LogP contribution in [0.4, 0.5) is 0 Å². The Morgan fingerprint density at radius 3 is 2.94 bits per heavy atom. The molecule has 0 aliphatic carbocycles. The van der Waals surface area contributed by atoms with Gasteiger partial charge < -0.3 is 4.74 Å². The fourth-order valence-corrected chi connectivity index (χ4v) is 1.98. The fourth-order valence-electron chi connectivity index (χ4n) is 1.75. The van der Waals surface area contributed by atoms with Crippen LogP contribution in [0.2, 0.25) is 5.15 Å². The normalized spacial score (nSPS) is 10.7. The van der Waals surface area contributed by atoms with Crippen LogP contribution in [-0.4, -0.2) is 11.6 Å². The summed E-state index contributed by atoms with van der Waals surface area (Å²) in [5.74, 6) is 0.899. The first-order valence-electron chi connectivity index (χ1n) is 5.98. The van der Waals surface area contributed by atoms with Gasteiger partial charge in [0.05, 0.1) is 6.61 Å². The lowest BCUT2D eigenvalue weighted by Gasteiger charge is -2.07. The Morgan fingerprint density at radius 1 is 1.24 bits per heavy atom. The fraction of sp³-hybridized carbons (Fsp3) is 0.357. The second-order valence-corrected chi connectivity index (χ2v) is 4.40. The molecule has 0 aliphatic rings. The maximum atomic E-state index is 6.00. The second-order valence-electron chi connectivity index (χ2n) is 4.04. The first-order valence-corrected chi connectivity index (χ1v) is 6.36. The van der Waals surface area contributed by atoms with Crippen molar-refractivity contribution in [3.8, 4) is 5.75 Å². The molecule has 1 aromatic carbocycles. The van der Waals surface area contributed by atoms with E-state index in [9.17, 15) is 0 Å². The second kappa shape index (κ2) is 5.87. The molecule has 2 rings (SSSR count). The smallest absolute Gasteiger partial charge is 0.136 e. The molecule has 0 N–H and O–H groups in total. The molecule has 0 atom stereocenters. The summed E-state index contributed by atoms with van der Waals surface area (Å²) < 4.78 is 5.69. The highest BCUT2D eigenvalue weighted by Gasteiger charge is 2.01. The van der Waals surface area contributed by atoms with Crippen LogP contribution in [0.5, 0.6) is 5.75 Å². The van der Waals surface area contributed by atoms with Crippen molar-refractivity contribution < 1.29 is 4.74 Å². The third-order valence-electron chi connectivity index (χ3n) is 2.70. The molecule has 3 heteroatoms. The molecule has 0 radical (unpaired) electrons. The highest BCUT2D eigenvalue weighted by atomic mass is 35.5. The molecule has 0 saturated carbocycles. The van der Waals surface area contributed by atoms with Crippen molar-refractivity contribution in [1.29, 1.82) is 0 Å². The lowest BCUT2D eigenvalue weighted by Crippen LogP contribution is -1.96. The van der Waals surface area contributed by atoms with Gasteiger partial charge in [-0.2, -0.15) is 0 Å². The number of hydrogen-bond acceptors (Lipinski definition) is 2. The van der Waals surface area contributed by atoms with E-state index in [0.717, 1.165) is 29.5 Å². The van der Waals surface area contributed by atoms with Gasteiger partial charge in [-0.25, -0.2) is 4.98 Å². The Labute approximate surface area is 107 Å². The van der Waals surface area contributed by atoms with Gasteiger partial charge in [0.2, 0.25) is 0 Å². The van der Waals surface area contributed by atoms with Gasteiger partial charge in [0.25, 0.3) is 0 Å². The third-order valence-corrected chi connectivity index (χ3v) is 3.01. The van der Waals surface area contributed by atoms with Crippen LogP contribution in [0, 0.1) is 0 Å². The van der Waals surface area contributed by atoms with Crippen LogP contribution in [0.25, 0.3) is 10.8 Å². The predicted octanol–water partition coefficient (Wildman–Crippen LogP) is 4.46. The van der Waals surface area contributed by atoms with Gasteiger partial charge in [0, 0.05) is 11.6 Å². The molecule has 2 nitrogen and oxygen atoms in total. The first kappa shape index (κ1) is 12.2. The summed E-state index contributed by atoms with van der Waals surface area (Å²) >= 11 is 6.00. The van der Waals surface area contributed by atoms with E-state index in [1.54, 1.807) is 6.20 Å². The Bertz CT molecular complexity index is 499. The highest BCUT2D eigenvalue weighted by molar-refractivity contribution is 6.34. The molecule has 0 saturated heterocycles. The summed E-state index contributed by atoms with van der Waals surface area (Å²) in [6.45, 7) is 2.96. The van der Waals surface area contributed by atoms with Crippen molar-refractivity contribution in [1.82, 2.24) is 4.98 Å². The Morgan fingerprint density at radius 2 is 2.12 bits per heavy atom. The number of benzene rings is 1. The largest absolute Gasteiger partial charge is 0.494 e. The summed E-state index contributed by atoms with van der Waals surface area (Å²) in [5, 5.41) is 2.58. The monoisotopic (exact) mass is 249 g/mol. The number of halogens is 1. The molecule has 0 aliphatic heterocycles. The van der Waals surface area contributed by atoms with E-state index < -0.39 is 0 Å². The number of fused-ring (bicyclic) bond motifs is 1. The average molecular weight is 250 g/mol. The summed E-state index contributed by atoms with van der Waals surface area (Å²) in [5.41, 5.74) is 0. The molecular weight excluding hydrogens is 234 g/mol. The zero-order valence-electron chi connectivity index (χ0n) is 9.95. The van der Waals surface area contributed by atoms with Crippen LogP contribution >= 0.6 is 11.6 Å². The van der Waals surface area contributed by atoms with Crippen LogP contribution in [0.1, 0.15) is 26.2 Å². The van der Waals surface area contributed by atoms with E-state index in [0.29, 0.717) is 5.15 Å². The van der Waals surface area contributed by atoms with E-state index in [1.165, 1.54) is 12.8 Å². The van der Waals surface area contributed by atoms with Gasteiger partial charge in [-0.3, -0.25) is 0 Å². The molecule has 1 heterocycles. The van der Waals surface area contributed by atoms with Gasteiger partial charge >= 0.3 is 0 Å². The first-order chi connectivity index (χ1) is 8.31. The number of pyridine rings is 1. The minimum absolute atomic E-state index is 0.542. The number of rotatable bonds is 5. The van der Waals surface area contributed by atoms with E-state index in [2.05, 4.69) is 11.9 Å². The highest BCUT2D eigenvalue weighted by Crippen LogP contribution is 2.25. The van der Waals surface area contributed by atoms with Gasteiger partial charge in [-0.1, -0.05) is 31.4 Å². The van der Waals surface area contributed by atoms with Crippen LogP contribution < -0.4 is 4.74 Å². The predicted molar refractivity (Wildman–Crippen MR) is 71.8 cm³/mol. The SMILES string of the molecule is CCCCCOc1ccc2c(Cl)nccc2c1. The molecular formula is C14H16ClNO. The molecule has 0 spiro atoms. The zero-order chi connectivity index (χ0) is 12.1. The van der Waals surface area contributed by atoms with E-state index in [4.69, 9.17) is 16.3 Å². The summed E-state index contributed by atoms with van der Waals surface area (Å²) in [6.07, 6.45) is 5.24. The van der Waals surface area contributed by atoms with Gasteiger partial charge in [0.1, 0.15) is 10.9 Å². The molecule has 0 amide bonds. The van der Waals surface area contributed by atoms with Crippen molar-refractivity contribution in [3.63, 3.8) is 0 Å². The van der Waals surface area contributed by atoms with Gasteiger partial charge in [-0.15, -0.1) is 0 Å². The number of unbranched alkanes of at least 4 members (excludes halogenated alkanes) is 2. The third kappa shape index (κ3) is 3.10. The van der Waals surface area contributed by atoms with Gasteiger partial charge in [-0.05, 0) is 36.1 Å². The summed E-state index contributed by atoms with van der Waals surface area (Å²) in [6, 6.07) is 7.86. The van der Waals surface area contributed by atoms with Crippen LogP contribution in [-0.2, 0) is 0 Å². The topological polar surface area (TPSA) is 22.1 Å². The quantitative estimate of drug-likeness (QED) is 0.577. The molecule has 1 aromatic heterocycles. The molecule has 90 valence electrons. The summed E-state index contributed by atoms with van der Waals surface area (Å²) in [7, 11) is 0. The standard InChI is InChI=1S/C14H16ClNO/c1-2-3-4-9-17-12-5-6-13-11(10-12)7-8-16-14(13)15/h5-8,10H,2-4,9H2,1H3. The Kier molecular flexibility index (Phi) is 4.21. The molecule has 0 fully saturated rings. The minimum Gasteiger partial charge on any atom is -0.494 e. The van der Waals surface area contributed by atoms with Crippen molar-refractivity contribution in [2.24, 2.45) is 0 Å². The number of nitrogens with zero attached hydrogens (tertiary/aromatic N) is 1. The number of ether oxygens (including phenoxy) is 1. The zero-order valence-corrected chi connectivity index (χ0v) is 10.7. The molecule has 0 bridgehead atoms. The van der Waals surface area contributed by atoms with Crippen molar-refractivity contribution >= 4 is 22.4 Å². The Balaban J connectivity index is 2.10. The molecule has 2 aromatic rings. The maximum Gasteiger partial charge on any atom is 0.136 e. The van der Waals surface area contributed by atoms with Crippen molar-refractivity contribution in [2.75, 3.05) is 6.61 Å². The maximum absolute atomic E-state index is 6.00. The molecule has 0 unspecified atom stereocenters. The lowest BCUT2D eigenvalue weighted by molar-refractivity contribution is 0.306.